The van der Waals surface area contributed by atoms with Crippen LogP contribution >= 0.6 is 0 Å². The molecule has 1 aromatic carbocycles. The number of hydrogen-bond donors (Lipinski definition) is 1. The van der Waals surface area contributed by atoms with Crippen LogP contribution in [0.5, 0.6) is 11.5 Å². The van der Waals surface area contributed by atoms with E-state index in [1.54, 1.807) is 7.11 Å². The van der Waals surface area contributed by atoms with Gasteiger partial charge in [-0.25, -0.2) is 0 Å². The molecule has 1 aliphatic carbocycles. The largest absolute Gasteiger partial charge is 0.493 e. The van der Waals surface area contributed by atoms with Crippen molar-refractivity contribution in [2.45, 2.75) is 88.4 Å². The monoisotopic (exact) mass is 471 g/mol. The molecule has 4 rings (SSSR count). The molecule has 5 heteroatoms. The molecule has 0 saturated heterocycles. The van der Waals surface area contributed by atoms with E-state index in [-0.39, 0.29) is 11.5 Å². The van der Waals surface area contributed by atoms with Crippen molar-refractivity contribution in [3.63, 3.8) is 0 Å². The zero-order chi connectivity index (χ0) is 24.2. The first-order valence-corrected chi connectivity index (χ1v) is 13.6. The molecule has 3 aliphatic rings. The number of methoxy groups -OCH3 is 1. The number of aliphatic hydroxyl groups is 1. The topological polar surface area (TPSA) is 41.9 Å². The van der Waals surface area contributed by atoms with E-state index < -0.39 is 6.10 Å². The van der Waals surface area contributed by atoms with Crippen molar-refractivity contribution >= 4 is 0 Å². The predicted octanol–water partition coefficient (Wildman–Crippen LogP) is 5.05. The lowest BCUT2D eigenvalue weighted by molar-refractivity contribution is -0.870. The quantitative estimate of drug-likeness (QED) is 0.263. The highest BCUT2D eigenvalue weighted by molar-refractivity contribution is 5.61. The second-order valence-electron chi connectivity index (χ2n) is 11.8. The predicted molar refractivity (Wildman–Crippen MR) is 139 cm³/mol. The molecule has 3 atom stereocenters. The second-order valence-corrected chi connectivity index (χ2v) is 11.8. The molecule has 1 N–H and O–H groups in total. The third-order valence-corrected chi connectivity index (χ3v) is 8.09. The molecular formula is C29H47N2O3+. The van der Waals surface area contributed by atoms with Gasteiger partial charge in [0.15, 0.2) is 11.5 Å². The van der Waals surface area contributed by atoms with Crippen molar-refractivity contribution in [1.29, 1.82) is 0 Å². The van der Waals surface area contributed by atoms with E-state index in [1.165, 1.54) is 69.0 Å². The standard InChI is InChI=1S/C29H47N2O3/c1-31(2,3)20-12-10-8-6-5-7-9-11-18-30-19-17-29-16-15-24(32)21-26(29)34-28-25(33-4)14-13-23(22-30)27(28)29/h13-16,24,26,32H,5-12,17-22H2,1-4H3/q+1/t24-,26-,29-/m0/s1. The molecule has 34 heavy (non-hydrogen) atoms. The van der Waals surface area contributed by atoms with Gasteiger partial charge in [0, 0.05) is 18.5 Å². The summed E-state index contributed by atoms with van der Waals surface area (Å²) in [6, 6.07) is 4.30. The number of rotatable bonds is 12. The first-order valence-electron chi connectivity index (χ1n) is 13.6. The van der Waals surface area contributed by atoms with Crippen LogP contribution in [0.1, 0.15) is 75.3 Å². The summed E-state index contributed by atoms with van der Waals surface area (Å²) in [5.41, 5.74) is 2.55. The number of ether oxygens (including phenoxy) is 2. The van der Waals surface area contributed by atoms with Gasteiger partial charge in [0.2, 0.25) is 0 Å². The van der Waals surface area contributed by atoms with E-state index in [2.05, 4.69) is 44.3 Å². The van der Waals surface area contributed by atoms with Crippen molar-refractivity contribution in [1.82, 2.24) is 4.90 Å². The smallest absolute Gasteiger partial charge is 0.166 e. The van der Waals surface area contributed by atoms with Gasteiger partial charge in [-0.2, -0.15) is 0 Å². The van der Waals surface area contributed by atoms with Gasteiger partial charge in [-0.1, -0.05) is 50.3 Å². The lowest BCUT2D eigenvalue weighted by Crippen LogP contribution is -2.43. The summed E-state index contributed by atoms with van der Waals surface area (Å²) in [6.45, 7) is 4.51. The summed E-state index contributed by atoms with van der Waals surface area (Å²) in [7, 11) is 8.57. The molecule has 2 heterocycles. The molecule has 0 aromatic heterocycles. The van der Waals surface area contributed by atoms with E-state index >= 15 is 0 Å². The second kappa shape index (κ2) is 11.0. The molecule has 5 nitrogen and oxygen atoms in total. The lowest BCUT2D eigenvalue weighted by Gasteiger charge is -2.35. The Morgan fingerprint density at radius 1 is 1.06 bits per heavy atom. The van der Waals surface area contributed by atoms with Crippen molar-refractivity contribution in [3.8, 4) is 11.5 Å². The van der Waals surface area contributed by atoms with Crippen molar-refractivity contribution in [2.75, 3.05) is 47.9 Å². The fourth-order valence-corrected chi connectivity index (χ4v) is 6.17. The van der Waals surface area contributed by atoms with Crippen LogP contribution in [0.25, 0.3) is 0 Å². The number of hydrogen-bond acceptors (Lipinski definition) is 4. The summed E-state index contributed by atoms with van der Waals surface area (Å²) in [4.78, 5) is 2.63. The van der Waals surface area contributed by atoms with Gasteiger partial charge in [0.05, 0.1) is 46.3 Å². The maximum absolute atomic E-state index is 10.3. The number of nitrogens with zero attached hydrogens (tertiary/aromatic N) is 2. The van der Waals surface area contributed by atoms with Crippen LogP contribution in [0, 0.1) is 0 Å². The molecule has 190 valence electrons. The van der Waals surface area contributed by atoms with Crippen molar-refractivity contribution < 1.29 is 19.1 Å². The minimum Gasteiger partial charge on any atom is -0.493 e. The lowest BCUT2D eigenvalue weighted by atomic mass is 9.69. The Bertz CT molecular complexity index is 847. The Morgan fingerprint density at radius 2 is 1.76 bits per heavy atom. The Hall–Kier alpha value is -1.56. The molecular weight excluding hydrogens is 424 g/mol. The highest BCUT2D eigenvalue weighted by Gasteiger charge is 2.52. The van der Waals surface area contributed by atoms with Crippen LogP contribution in [-0.4, -0.2) is 74.6 Å². The summed E-state index contributed by atoms with van der Waals surface area (Å²) in [5, 5.41) is 10.3. The van der Waals surface area contributed by atoms with E-state index in [9.17, 15) is 5.11 Å². The summed E-state index contributed by atoms with van der Waals surface area (Å²) < 4.78 is 13.2. The SMILES string of the molecule is COc1ccc2c3c1O[C@H]1C[C@@H](O)C=C[C@@]31CCN(CCCCCCCCCC[N+](C)(C)C)C2. The summed E-state index contributed by atoms with van der Waals surface area (Å²) in [5.74, 6) is 1.73. The van der Waals surface area contributed by atoms with Crippen LogP contribution < -0.4 is 9.47 Å². The summed E-state index contributed by atoms with van der Waals surface area (Å²) >= 11 is 0. The minimum absolute atomic E-state index is 0.000145. The van der Waals surface area contributed by atoms with Gasteiger partial charge in [0.25, 0.3) is 0 Å². The third kappa shape index (κ3) is 5.80. The summed E-state index contributed by atoms with van der Waals surface area (Å²) in [6.07, 6.45) is 16.4. The van der Waals surface area contributed by atoms with Crippen LogP contribution in [0.3, 0.4) is 0 Å². The van der Waals surface area contributed by atoms with E-state index in [4.69, 9.17) is 9.47 Å². The molecule has 0 bridgehead atoms. The molecule has 1 spiro atoms. The fourth-order valence-electron chi connectivity index (χ4n) is 6.17. The Balaban J connectivity index is 1.26. The van der Waals surface area contributed by atoms with Crippen LogP contribution in [0.4, 0.5) is 0 Å². The zero-order valence-corrected chi connectivity index (χ0v) is 22.0. The molecule has 0 radical (unpaired) electrons. The van der Waals surface area contributed by atoms with Gasteiger partial charge in [-0.15, -0.1) is 0 Å². The van der Waals surface area contributed by atoms with E-state index in [0.29, 0.717) is 6.42 Å². The highest BCUT2D eigenvalue weighted by atomic mass is 16.5. The molecule has 2 aliphatic heterocycles. The molecule has 0 fully saturated rings. The number of unbranched alkanes of at least 4 members (excludes halogenated alkanes) is 7. The van der Waals surface area contributed by atoms with Gasteiger partial charge in [-0.3, -0.25) is 4.90 Å². The molecule has 0 amide bonds. The number of aliphatic hydroxyl groups excluding tert-OH is 1. The average Bonchev–Trinajstić information content (AvgIpc) is 3.03. The molecule has 1 aromatic rings. The maximum Gasteiger partial charge on any atom is 0.166 e. The highest BCUT2D eigenvalue weighted by Crippen LogP contribution is 2.55. The number of quaternary nitrogens is 1. The fraction of sp³-hybridized carbons (Fsp3) is 0.724. The van der Waals surface area contributed by atoms with E-state index in [1.807, 2.05) is 6.08 Å². The molecule has 0 unspecified atom stereocenters. The Kier molecular flexibility index (Phi) is 8.27. The zero-order valence-electron chi connectivity index (χ0n) is 22.0. The van der Waals surface area contributed by atoms with Crippen molar-refractivity contribution in [3.05, 3.63) is 35.4 Å². The third-order valence-electron chi connectivity index (χ3n) is 8.09. The number of benzene rings is 1. The van der Waals surface area contributed by atoms with Gasteiger partial charge >= 0.3 is 0 Å². The normalized spacial score (nSPS) is 26.0. The average molecular weight is 472 g/mol. The Labute approximate surface area is 207 Å². The first-order chi connectivity index (χ1) is 16.3. The van der Waals surface area contributed by atoms with Gasteiger partial charge in [-0.05, 0) is 50.4 Å². The van der Waals surface area contributed by atoms with Crippen molar-refractivity contribution in [2.24, 2.45) is 0 Å². The molecule has 0 saturated carbocycles. The van der Waals surface area contributed by atoms with E-state index in [0.717, 1.165) is 42.0 Å². The van der Waals surface area contributed by atoms with Gasteiger partial charge < -0.3 is 19.1 Å². The Morgan fingerprint density at radius 3 is 2.47 bits per heavy atom. The van der Waals surface area contributed by atoms with Crippen LogP contribution in [0.2, 0.25) is 0 Å². The van der Waals surface area contributed by atoms with Crippen LogP contribution in [0.15, 0.2) is 24.3 Å². The van der Waals surface area contributed by atoms with Crippen LogP contribution in [-0.2, 0) is 12.0 Å². The minimum atomic E-state index is -0.420. The van der Waals surface area contributed by atoms with Gasteiger partial charge in [0.1, 0.15) is 6.10 Å². The maximum atomic E-state index is 10.3. The first kappa shape index (κ1) is 25.5.